The van der Waals surface area contributed by atoms with Crippen LogP contribution in [0.25, 0.3) is 0 Å². The van der Waals surface area contributed by atoms with Gasteiger partial charge in [-0.25, -0.2) is 30.6 Å². The Labute approximate surface area is 289 Å². The number of phenols is 4. The fourth-order valence-corrected chi connectivity index (χ4v) is 8.16. The van der Waals surface area contributed by atoms with Crippen molar-refractivity contribution < 1.29 is 46.0 Å². The van der Waals surface area contributed by atoms with E-state index in [2.05, 4.69) is 14.5 Å². The van der Waals surface area contributed by atoms with Crippen LogP contribution in [-0.4, -0.2) is 43.5 Å². The summed E-state index contributed by atoms with van der Waals surface area (Å²) in [4.78, 5) is -1.55. The summed E-state index contributed by atoms with van der Waals surface area (Å²) in [7, 11) is -9.38. The standard InChI is InChI=1S/C33H25ClF2N4O8S2/c34-25-6-1-2-7-26(25)40-33(12-13-37-40,23-15-31(29(43)17-27(23)41)49(45,46)38-21-10-8-19(35)9-11-21)24-16-32(30(44)18-28(24)42)50(47,48)39-22-5-3-4-20(36)14-22/h1-11,13-18,38-39,41-44H,12H2. The number of para-hydroxylation sites is 1. The van der Waals surface area contributed by atoms with Gasteiger partial charge in [-0.3, -0.25) is 9.44 Å². The molecule has 1 unspecified atom stereocenters. The van der Waals surface area contributed by atoms with E-state index in [9.17, 15) is 46.0 Å². The van der Waals surface area contributed by atoms with Gasteiger partial charge >= 0.3 is 0 Å². The lowest BCUT2D eigenvalue weighted by atomic mass is 9.79. The lowest BCUT2D eigenvalue weighted by Crippen LogP contribution is -2.42. The van der Waals surface area contributed by atoms with E-state index in [1.54, 1.807) is 12.1 Å². The number of hydrogen-bond donors (Lipinski definition) is 6. The second-order valence-corrected chi connectivity index (χ2v) is 14.7. The molecular formula is C33H25ClF2N4O8S2. The highest BCUT2D eigenvalue weighted by molar-refractivity contribution is 7.93. The number of nitrogens with one attached hydrogen (secondary N) is 2. The third-order valence-electron chi connectivity index (χ3n) is 7.82. The minimum Gasteiger partial charge on any atom is -0.507 e. The van der Waals surface area contributed by atoms with Crippen molar-refractivity contribution in [3.05, 3.63) is 125 Å². The molecule has 1 heterocycles. The van der Waals surface area contributed by atoms with Crippen LogP contribution in [0.15, 0.2) is 112 Å². The van der Waals surface area contributed by atoms with Crippen molar-refractivity contribution in [1.82, 2.24) is 0 Å². The Morgan fingerprint density at radius 1 is 0.660 bits per heavy atom. The van der Waals surface area contributed by atoms with Crippen molar-refractivity contribution in [2.24, 2.45) is 5.10 Å². The number of halogens is 3. The number of anilines is 3. The molecule has 0 aromatic heterocycles. The van der Waals surface area contributed by atoms with Crippen molar-refractivity contribution in [2.75, 3.05) is 14.5 Å². The fraction of sp³-hybridized carbons (Fsp3) is 0.0606. The van der Waals surface area contributed by atoms with Crippen molar-refractivity contribution in [1.29, 1.82) is 0 Å². The highest BCUT2D eigenvalue weighted by Crippen LogP contribution is 2.53. The summed E-state index contributed by atoms with van der Waals surface area (Å²) in [6.07, 6.45) is 1.07. The molecular weight excluding hydrogens is 718 g/mol. The van der Waals surface area contributed by atoms with Crippen LogP contribution in [0.3, 0.4) is 0 Å². The highest BCUT2D eigenvalue weighted by atomic mass is 35.5. The maximum absolute atomic E-state index is 13.9. The van der Waals surface area contributed by atoms with E-state index in [1.807, 2.05) is 0 Å². The summed E-state index contributed by atoms with van der Waals surface area (Å²) in [6, 6.07) is 18.3. The van der Waals surface area contributed by atoms with E-state index < -0.39 is 70.0 Å². The summed E-state index contributed by atoms with van der Waals surface area (Å²) in [5.41, 5.74) is -2.72. The van der Waals surface area contributed by atoms with Crippen LogP contribution in [0.5, 0.6) is 23.0 Å². The third kappa shape index (κ3) is 6.19. The first-order chi connectivity index (χ1) is 23.6. The van der Waals surface area contributed by atoms with Crippen molar-refractivity contribution >= 4 is 54.9 Å². The van der Waals surface area contributed by atoms with Crippen LogP contribution in [-0.2, 0) is 25.6 Å². The van der Waals surface area contributed by atoms with Crippen LogP contribution >= 0.6 is 11.6 Å². The second-order valence-electron chi connectivity index (χ2n) is 11.0. The molecule has 0 aliphatic carbocycles. The van der Waals surface area contributed by atoms with Gasteiger partial charge in [-0.15, -0.1) is 0 Å². The van der Waals surface area contributed by atoms with Crippen LogP contribution in [0.2, 0.25) is 5.02 Å². The zero-order valence-corrected chi connectivity index (χ0v) is 27.7. The number of sulfonamides is 2. The molecule has 17 heteroatoms. The average Bonchev–Trinajstić information content (AvgIpc) is 3.47. The normalized spacial score (nSPS) is 16.0. The van der Waals surface area contributed by atoms with Crippen molar-refractivity contribution in [3.63, 3.8) is 0 Å². The van der Waals surface area contributed by atoms with Gasteiger partial charge in [0.25, 0.3) is 20.0 Å². The molecule has 0 saturated heterocycles. The summed E-state index contributed by atoms with van der Waals surface area (Å²) in [5.74, 6) is -4.60. The van der Waals surface area contributed by atoms with Crippen molar-refractivity contribution in [2.45, 2.75) is 21.8 Å². The molecule has 258 valence electrons. The maximum Gasteiger partial charge on any atom is 0.265 e. The first-order valence-corrected chi connectivity index (χ1v) is 17.7. The van der Waals surface area contributed by atoms with Gasteiger partial charge in [-0.05, 0) is 66.7 Å². The van der Waals surface area contributed by atoms with Gasteiger partial charge in [0.15, 0.2) is 0 Å². The molecule has 0 spiro atoms. The van der Waals surface area contributed by atoms with Crippen LogP contribution < -0.4 is 14.5 Å². The van der Waals surface area contributed by atoms with Crippen molar-refractivity contribution in [3.8, 4) is 23.0 Å². The van der Waals surface area contributed by atoms with Gasteiger partial charge < -0.3 is 20.4 Å². The largest absolute Gasteiger partial charge is 0.507 e. The van der Waals surface area contributed by atoms with Gasteiger partial charge in [-0.1, -0.05) is 29.8 Å². The number of nitrogens with zero attached hydrogens (tertiary/aromatic N) is 2. The van der Waals surface area contributed by atoms with E-state index in [1.165, 1.54) is 35.5 Å². The first kappa shape index (κ1) is 34.3. The molecule has 0 bridgehead atoms. The number of rotatable bonds is 9. The number of benzene rings is 5. The Kier molecular flexibility index (Phi) is 8.71. The quantitative estimate of drug-likeness (QED) is 0.102. The molecule has 5 aromatic carbocycles. The molecule has 12 nitrogen and oxygen atoms in total. The smallest absolute Gasteiger partial charge is 0.265 e. The summed E-state index contributed by atoms with van der Waals surface area (Å²) < 4.78 is 86.2. The minimum absolute atomic E-state index is 0.0612. The zero-order chi connectivity index (χ0) is 36.0. The maximum atomic E-state index is 13.9. The predicted molar refractivity (Wildman–Crippen MR) is 182 cm³/mol. The van der Waals surface area contributed by atoms with Crippen LogP contribution in [0.4, 0.5) is 25.8 Å². The topological polar surface area (TPSA) is 189 Å². The minimum atomic E-state index is -4.71. The lowest BCUT2D eigenvalue weighted by Gasteiger charge is -2.40. The third-order valence-corrected chi connectivity index (χ3v) is 11.0. The molecule has 50 heavy (non-hydrogen) atoms. The summed E-state index contributed by atoms with van der Waals surface area (Å²) >= 11 is 6.56. The van der Waals surface area contributed by atoms with Gasteiger partial charge in [-0.2, -0.15) is 5.10 Å². The molecule has 6 N–H and O–H groups in total. The Morgan fingerprint density at radius 3 is 1.78 bits per heavy atom. The lowest BCUT2D eigenvalue weighted by molar-refractivity contribution is 0.401. The van der Waals surface area contributed by atoms with E-state index in [0.29, 0.717) is 0 Å². The molecule has 0 fully saturated rings. The van der Waals surface area contributed by atoms with Crippen LogP contribution in [0, 0.1) is 11.6 Å². The number of hydrazone groups is 1. The summed E-state index contributed by atoms with van der Waals surface area (Å²) in [5, 5.41) is 50.1. The van der Waals surface area contributed by atoms with E-state index in [0.717, 1.165) is 60.7 Å². The van der Waals surface area contributed by atoms with Crippen LogP contribution in [0.1, 0.15) is 17.5 Å². The molecule has 6 rings (SSSR count). The monoisotopic (exact) mass is 742 g/mol. The number of hydrogen-bond acceptors (Lipinski definition) is 10. The Balaban J connectivity index is 1.60. The molecule has 0 saturated carbocycles. The fourth-order valence-electron chi connectivity index (χ4n) is 5.62. The Bertz CT molecular complexity index is 2400. The SMILES string of the molecule is O=S(=O)(Nc1ccc(F)cc1)c1cc(C2(c3cc(S(=O)(=O)Nc4cccc(F)c4)c(O)cc3O)CC=NN2c2ccccc2Cl)c(O)cc1O. The Morgan fingerprint density at radius 2 is 1.22 bits per heavy atom. The zero-order valence-electron chi connectivity index (χ0n) is 25.3. The van der Waals surface area contributed by atoms with E-state index >= 15 is 0 Å². The van der Waals surface area contributed by atoms with Gasteiger partial charge in [0.1, 0.15) is 50.0 Å². The van der Waals surface area contributed by atoms with Gasteiger partial charge in [0, 0.05) is 41.6 Å². The molecule has 0 amide bonds. The number of aromatic hydroxyl groups is 4. The van der Waals surface area contributed by atoms with E-state index in [4.69, 9.17) is 11.6 Å². The van der Waals surface area contributed by atoms with Gasteiger partial charge in [0.2, 0.25) is 0 Å². The predicted octanol–water partition coefficient (Wildman–Crippen LogP) is 6.18. The Hall–Kier alpha value is -5.58. The molecule has 1 atom stereocenters. The molecule has 5 aromatic rings. The molecule has 0 radical (unpaired) electrons. The number of phenolic OH excluding ortho intramolecular Hbond substituents is 4. The van der Waals surface area contributed by atoms with Gasteiger partial charge in [0.05, 0.1) is 16.4 Å². The average molecular weight is 743 g/mol. The molecule has 1 aliphatic rings. The first-order valence-electron chi connectivity index (χ1n) is 14.4. The summed E-state index contributed by atoms with van der Waals surface area (Å²) in [6.45, 7) is 0. The molecule has 1 aliphatic heterocycles. The second kappa shape index (κ2) is 12.7. The highest BCUT2D eigenvalue weighted by Gasteiger charge is 2.49. The van der Waals surface area contributed by atoms with E-state index in [-0.39, 0.29) is 39.6 Å².